The van der Waals surface area contributed by atoms with Crippen LogP contribution in [0.5, 0.6) is 11.5 Å². The lowest BCUT2D eigenvalue weighted by atomic mass is 9.88. The van der Waals surface area contributed by atoms with Crippen molar-refractivity contribution in [3.63, 3.8) is 0 Å². The van der Waals surface area contributed by atoms with Crippen molar-refractivity contribution in [1.29, 1.82) is 0 Å². The minimum atomic E-state index is -0.357. The maximum atomic E-state index is 13.6. The van der Waals surface area contributed by atoms with Crippen LogP contribution in [-0.4, -0.2) is 19.3 Å². The van der Waals surface area contributed by atoms with Gasteiger partial charge in [0, 0.05) is 17.0 Å². The molecule has 3 rings (SSSR count). The van der Waals surface area contributed by atoms with E-state index in [0.717, 1.165) is 18.4 Å². The molecule has 3 nitrogen and oxygen atoms in total. The molecule has 1 heterocycles. The maximum Gasteiger partial charge on any atom is 0.197 e. The van der Waals surface area contributed by atoms with E-state index in [-0.39, 0.29) is 23.0 Å². The molecule has 92 valence electrons. The smallest absolute Gasteiger partial charge is 0.197 e. The van der Waals surface area contributed by atoms with E-state index < -0.39 is 0 Å². The van der Waals surface area contributed by atoms with Crippen LogP contribution in [0.1, 0.15) is 25.3 Å². The Balaban J connectivity index is 2.12. The van der Waals surface area contributed by atoms with Gasteiger partial charge in [0.1, 0.15) is 13.2 Å². The van der Waals surface area contributed by atoms with Gasteiger partial charge in [-0.25, -0.2) is 4.39 Å². The SMILES string of the molecule is CC(N)C1(c2ccc(F)c3c2OCCO3)CC1. The van der Waals surface area contributed by atoms with E-state index in [1.54, 1.807) is 6.07 Å². The van der Waals surface area contributed by atoms with Crippen LogP contribution in [0.25, 0.3) is 0 Å². The highest BCUT2D eigenvalue weighted by atomic mass is 19.1. The summed E-state index contributed by atoms with van der Waals surface area (Å²) in [7, 11) is 0. The Kier molecular flexibility index (Phi) is 2.30. The number of ether oxygens (including phenoxy) is 2. The van der Waals surface area contributed by atoms with Gasteiger partial charge in [-0.1, -0.05) is 6.07 Å². The standard InChI is InChI=1S/C13H16FNO2/c1-8(15)13(4-5-13)9-2-3-10(14)12-11(9)16-6-7-17-12/h2-3,8H,4-7,15H2,1H3. The van der Waals surface area contributed by atoms with Crippen LogP contribution in [0.2, 0.25) is 0 Å². The minimum Gasteiger partial charge on any atom is -0.486 e. The van der Waals surface area contributed by atoms with Crippen LogP contribution in [0.15, 0.2) is 12.1 Å². The molecule has 0 spiro atoms. The van der Waals surface area contributed by atoms with E-state index in [0.29, 0.717) is 19.0 Å². The number of benzene rings is 1. The van der Waals surface area contributed by atoms with Gasteiger partial charge >= 0.3 is 0 Å². The van der Waals surface area contributed by atoms with Crippen LogP contribution >= 0.6 is 0 Å². The lowest BCUT2D eigenvalue weighted by Gasteiger charge is -2.27. The molecule has 4 heteroatoms. The Hall–Kier alpha value is -1.29. The molecule has 1 atom stereocenters. The van der Waals surface area contributed by atoms with Crippen molar-refractivity contribution in [3.05, 3.63) is 23.5 Å². The van der Waals surface area contributed by atoms with Gasteiger partial charge in [-0.2, -0.15) is 0 Å². The fourth-order valence-electron chi connectivity index (χ4n) is 2.60. The largest absolute Gasteiger partial charge is 0.486 e. The number of halogens is 1. The van der Waals surface area contributed by atoms with Crippen LogP contribution in [0, 0.1) is 5.82 Å². The van der Waals surface area contributed by atoms with E-state index in [9.17, 15) is 4.39 Å². The highest BCUT2D eigenvalue weighted by Gasteiger charge is 2.50. The molecule has 0 aromatic heterocycles. The van der Waals surface area contributed by atoms with Gasteiger partial charge in [0.05, 0.1) is 0 Å². The quantitative estimate of drug-likeness (QED) is 0.855. The van der Waals surface area contributed by atoms with Gasteiger partial charge in [-0.3, -0.25) is 0 Å². The average Bonchev–Trinajstić information content (AvgIpc) is 3.11. The first-order valence-electron chi connectivity index (χ1n) is 5.99. The Morgan fingerprint density at radius 1 is 1.24 bits per heavy atom. The van der Waals surface area contributed by atoms with E-state index in [1.807, 2.05) is 6.92 Å². The van der Waals surface area contributed by atoms with Gasteiger partial charge in [0.2, 0.25) is 0 Å². The van der Waals surface area contributed by atoms with Crippen molar-refractivity contribution in [3.8, 4) is 11.5 Å². The van der Waals surface area contributed by atoms with Crippen molar-refractivity contribution < 1.29 is 13.9 Å². The number of fused-ring (bicyclic) bond motifs is 1. The molecular formula is C13H16FNO2. The predicted molar refractivity (Wildman–Crippen MR) is 62.0 cm³/mol. The molecule has 1 unspecified atom stereocenters. The van der Waals surface area contributed by atoms with Crippen LogP contribution < -0.4 is 15.2 Å². The molecule has 2 aliphatic rings. The summed E-state index contributed by atoms with van der Waals surface area (Å²) in [6.45, 7) is 2.86. The molecule has 1 aromatic carbocycles. The third kappa shape index (κ3) is 1.51. The molecule has 1 saturated carbocycles. The summed E-state index contributed by atoms with van der Waals surface area (Å²) in [5, 5.41) is 0. The van der Waals surface area contributed by atoms with Gasteiger partial charge in [-0.15, -0.1) is 0 Å². The highest BCUT2D eigenvalue weighted by Crippen LogP contribution is 2.55. The molecule has 1 fully saturated rings. The normalized spacial score (nSPS) is 22.1. The van der Waals surface area contributed by atoms with Gasteiger partial charge in [0.25, 0.3) is 0 Å². The molecule has 1 aliphatic heterocycles. The first-order chi connectivity index (χ1) is 8.15. The number of nitrogens with two attached hydrogens (primary N) is 1. The summed E-state index contributed by atoms with van der Waals surface area (Å²) in [5.41, 5.74) is 7.01. The molecule has 0 radical (unpaired) electrons. The van der Waals surface area contributed by atoms with E-state index in [2.05, 4.69) is 0 Å². The summed E-state index contributed by atoms with van der Waals surface area (Å²) in [6.07, 6.45) is 2.07. The summed E-state index contributed by atoms with van der Waals surface area (Å²) in [5.74, 6) is 0.454. The van der Waals surface area contributed by atoms with E-state index >= 15 is 0 Å². The van der Waals surface area contributed by atoms with Gasteiger partial charge in [0.15, 0.2) is 17.3 Å². The third-order valence-corrected chi connectivity index (χ3v) is 3.84. The molecule has 0 amide bonds. The number of hydrogen-bond donors (Lipinski definition) is 1. The first kappa shape index (κ1) is 10.8. The second kappa shape index (κ2) is 3.60. The highest BCUT2D eigenvalue weighted by molar-refractivity contribution is 5.54. The summed E-state index contributed by atoms with van der Waals surface area (Å²) in [6, 6.07) is 3.28. The van der Waals surface area contributed by atoms with Crippen LogP contribution in [0.4, 0.5) is 4.39 Å². The zero-order valence-corrected chi connectivity index (χ0v) is 9.83. The second-order valence-corrected chi connectivity index (χ2v) is 4.89. The van der Waals surface area contributed by atoms with Crippen molar-refractivity contribution in [1.82, 2.24) is 0 Å². The lowest BCUT2D eigenvalue weighted by molar-refractivity contribution is 0.161. The summed E-state index contributed by atoms with van der Waals surface area (Å²) >= 11 is 0. The zero-order chi connectivity index (χ0) is 12.0. The summed E-state index contributed by atoms with van der Waals surface area (Å²) < 4.78 is 24.6. The average molecular weight is 237 g/mol. The number of rotatable bonds is 2. The monoisotopic (exact) mass is 237 g/mol. The van der Waals surface area contributed by atoms with Crippen LogP contribution in [0.3, 0.4) is 0 Å². The topological polar surface area (TPSA) is 44.5 Å². The van der Waals surface area contributed by atoms with Crippen molar-refractivity contribution >= 4 is 0 Å². The molecular weight excluding hydrogens is 221 g/mol. The van der Waals surface area contributed by atoms with E-state index in [4.69, 9.17) is 15.2 Å². The molecule has 1 aliphatic carbocycles. The van der Waals surface area contributed by atoms with Crippen LogP contribution in [-0.2, 0) is 5.41 Å². The van der Waals surface area contributed by atoms with E-state index in [1.165, 1.54) is 6.07 Å². The van der Waals surface area contributed by atoms with Crippen molar-refractivity contribution in [2.75, 3.05) is 13.2 Å². The molecule has 0 bridgehead atoms. The Morgan fingerprint density at radius 2 is 1.88 bits per heavy atom. The summed E-state index contributed by atoms with van der Waals surface area (Å²) in [4.78, 5) is 0. The first-order valence-corrected chi connectivity index (χ1v) is 5.99. The Bertz CT molecular complexity index is 455. The Labute approximate surface area is 99.7 Å². The molecule has 0 saturated heterocycles. The molecule has 1 aromatic rings. The minimum absolute atomic E-state index is 0.0432. The second-order valence-electron chi connectivity index (χ2n) is 4.89. The van der Waals surface area contributed by atoms with Crippen molar-refractivity contribution in [2.45, 2.75) is 31.2 Å². The fourth-order valence-corrected chi connectivity index (χ4v) is 2.60. The van der Waals surface area contributed by atoms with Gasteiger partial charge in [-0.05, 0) is 25.8 Å². The fraction of sp³-hybridized carbons (Fsp3) is 0.538. The lowest BCUT2D eigenvalue weighted by Crippen LogP contribution is -2.32. The number of hydrogen-bond acceptors (Lipinski definition) is 3. The van der Waals surface area contributed by atoms with Crippen molar-refractivity contribution in [2.24, 2.45) is 5.73 Å². The molecule has 2 N–H and O–H groups in total. The molecule has 17 heavy (non-hydrogen) atoms. The van der Waals surface area contributed by atoms with Gasteiger partial charge < -0.3 is 15.2 Å². The Morgan fingerprint density at radius 3 is 2.47 bits per heavy atom. The maximum absolute atomic E-state index is 13.6. The predicted octanol–water partition coefficient (Wildman–Crippen LogP) is 1.98. The third-order valence-electron chi connectivity index (χ3n) is 3.84. The zero-order valence-electron chi connectivity index (χ0n) is 9.83.